The quantitative estimate of drug-likeness (QED) is 0.527. The van der Waals surface area contributed by atoms with Crippen LogP contribution in [0, 0.1) is 5.92 Å². The highest BCUT2D eigenvalue weighted by Crippen LogP contribution is 2.29. The van der Waals surface area contributed by atoms with Gasteiger partial charge in [0, 0.05) is 0 Å². The Morgan fingerprint density at radius 2 is 1.65 bits per heavy atom. The zero-order chi connectivity index (χ0) is 13.2. The Morgan fingerprint density at radius 1 is 1.12 bits per heavy atom. The number of aliphatic hydroxyl groups excluding tert-OH is 3. The summed E-state index contributed by atoms with van der Waals surface area (Å²) >= 11 is 0. The molecule has 6 heteroatoms. The van der Waals surface area contributed by atoms with Crippen LogP contribution in [0.4, 0.5) is 0 Å². The number of aliphatic carboxylic acids is 1. The molecule has 6 nitrogen and oxygen atoms in total. The molecule has 0 spiro atoms. The predicted molar refractivity (Wildman–Crippen MR) is 58.4 cm³/mol. The van der Waals surface area contributed by atoms with Crippen LogP contribution in [0.3, 0.4) is 0 Å². The Hall–Kier alpha value is -0.690. The maximum atomic E-state index is 10.9. The van der Waals surface area contributed by atoms with Gasteiger partial charge in [-0.15, -0.1) is 0 Å². The van der Waals surface area contributed by atoms with E-state index >= 15 is 0 Å². The summed E-state index contributed by atoms with van der Waals surface area (Å²) in [5.41, 5.74) is 0. The van der Waals surface area contributed by atoms with Crippen molar-refractivity contribution in [3.8, 4) is 0 Å². The van der Waals surface area contributed by atoms with Gasteiger partial charge in [-0.3, -0.25) is 0 Å². The Balaban J connectivity index is 2.88. The highest BCUT2D eigenvalue weighted by atomic mass is 16.6. The normalized spacial score (nSPS) is 38.4. The van der Waals surface area contributed by atoms with Gasteiger partial charge in [-0.05, 0) is 5.92 Å². The number of rotatable bonds is 4. The molecule has 100 valence electrons. The number of carboxylic acid groups (broad SMARTS) is 1. The molecule has 0 aliphatic carbocycles. The fourth-order valence-electron chi connectivity index (χ4n) is 2.25. The average Bonchev–Trinajstić information content (AvgIpc) is 2.30. The van der Waals surface area contributed by atoms with E-state index in [9.17, 15) is 20.1 Å². The smallest absolute Gasteiger partial charge is 0.335 e. The number of aliphatic hydroxyl groups is 3. The van der Waals surface area contributed by atoms with Crippen molar-refractivity contribution in [1.82, 2.24) is 0 Å². The third-order valence-corrected chi connectivity index (χ3v) is 3.41. The summed E-state index contributed by atoms with van der Waals surface area (Å²) in [6, 6.07) is 0. The lowest BCUT2D eigenvalue weighted by Crippen LogP contribution is -2.61. The molecule has 1 saturated heterocycles. The molecule has 0 amide bonds. The summed E-state index contributed by atoms with van der Waals surface area (Å²) in [7, 11) is 0. The summed E-state index contributed by atoms with van der Waals surface area (Å²) in [6.07, 6.45) is -5.20. The van der Waals surface area contributed by atoms with Crippen molar-refractivity contribution in [2.24, 2.45) is 5.92 Å². The molecule has 4 N–H and O–H groups in total. The predicted octanol–water partition coefficient (Wildman–Crippen LogP) is -0.643. The van der Waals surface area contributed by atoms with Crippen LogP contribution in [0.2, 0.25) is 0 Å². The lowest BCUT2D eigenvalue weighted by Gasteiger charge is -2.41. The van der Waals surface area contributed by atoms with E-state index in [2.05, 4.69) is 0 Å². The van der Waals surface area contributed by atoms with Crippen LogP contribution in [-0.2, 0) is 9.53 Å². The van der Waals surface area contributed by atoms with Crippen molar-refractivity contribution in [2.75, 3.05) is 0 Å². The maximum absolute atomic E-state index is 10.9. The van der Waals surface area contributed by atoms with Crippen LogP contribution in [0.15, 0.2) is 0 Å². The van der Waals surface area contributed by atoms with Crippen LogP contribution >= 0.6 is 0 Å². The lowest BCUT2D eigenvalue weighted by molar-refractivity contribution is -0.238. The van der Waals surface area contributed by atoms with Crippen LogP contribution in [0.5, 0.6) is 0 Å². The molecule has 5 atom stereocenters. The molecule has 0 aromatic heterocycles. The zero-order valence-corrected chi connectivity index (χ0v) is 9.98. The molecule has 1 aliphatic heterocycles. The van der Waals surface area contributed by atoms with Gasteiger partial charge in [0.1, 0.15) is 18.3 Å². The standard InChI is InChI=1S/C11H20O6/c1-3-5(4-2)9-7(13)6(12)8(14)10(17-9)11(15)16/h5-10,12-14H,3-4H2,1-2H3,(H,15,16). The fourth-order valence-corrected chi connectivity index (χ4v) is 2.25. The van der Waals surface area contributed by atoms with E-state index < -0.39 is 36.5 Å². The Morgan fingerprint density at radius 3 is 2.06 bits per heavy atom. The summed E-state index contributed by atoms with van der Waals surface area (Å²) in [4.78, 5) is 10.9. The van der Waals surface area contributed by atoms with Crippen molar-refractivity contribution in [2.45, 2.75) is 57.2 Å². The molecule has 1 rings (SSSR count). The van der Waals surface area contributed by atoms with Gasteiger partial charge in [-0.25, -0.2) is 4.79 Å². The van der Waals surface area contributed by atoms with Crippen LogP contribution in [-0.4, -0.2) is 56.9 Å². The van der Waals surface area contributed by atoms with Crippen molar-refractivity contribution < 1.29 is 30.0 Å². The number of hydrogen-bond donors (Lipinski definition) is 4. The fraction of sp³-hybridized carbons (Fsp3) is 0.909. The van der Waals surface area contributed by atoms with E-state index in [0.29, 0.717) is 12.8 Å². The highest BCUT2D eigenvalue weighted by molar-refractivity contribution is 5.73. The minimum absolute atomic E-state index is 0.0472. The monoisotopic (exact) mass is 248 g/mol. The number of carbonyl (C=O) groups is 1. The van der Waals surface area contributed by atoms with E-state index in [1.165, 1.54) is 0 Å². The molecule has 17 heavy (non-hydrogen) atoms. The van der Waals surface area contributed by atoms with Crippen molar-refractivity contribution in [1.29, 1.82) is 0 Å². The second-order valence-corrected chi connectivity index (χ2v) is 4.41. The van der Waals surface area contributed by atoms with Gasteiger partial charge in [0.05, 0.1) is 6.10 Å². The third kappa shape index (κ3) is 2.77. The molecule has 1 aliphatic rings. The largest absolute Gasteiger partial charge is 0.479 e. The molecular formula is C11H20O6. The van der Waals surface area contributed by atoms with Crippen LogP contribution in [0.1, 0.15) is 26.7 Å². The number of ether oxygens (including phenoxy) is 1. The summed E-state index contributed by atoms with van der Waals surface area (Å²) in [5, 5.41) is 37.8. The molecule has 5 unspecified atom stereocenters. The zero-order valence-electron chi connectivity index (χ0n) is 9.98. The number of carboxylic acids is 1. The topological polar surface area (TPSA) is 107 Å². The minimum atomic E-state index is -1.60. The van der Waals surface area contributed by atoms with Crippen molar-refractivity contribution in [3.05, 3.63) is 0 Å². The van der Waals surface area contributed by atoms with Crippen LogP contribution < -0.4 is 0 Å². The van der Waals surface area contributed by atoms with Gasteiger partial charge in [0.25, 0.3) is 0 Å². The molecule has 0 radical (unpaired) electrons. The first kappa shape index (κ1) is 14.4. The van der Waals surface area contributed by atoms with Gasteiger partial charge in [0.15, 0.2) is 6.10 Å². The summed E-state index contributed by atoms with van der Waals surface area (Å²) in [6.45, 7) is 3.80. The van der Waals surface area contributed by atoms with Gasteiger partial charge < -0.3 is 25.2 Å². The van der Waals surface area contributed by atoms with E-state index in [1.54, 1.807) is 0 Å². The van der Waals surface area contributed by atoms with Crippen molar-refractivity contribution >= 4 is 5.97 Å². The maximum Gasteiger partial charge on any atom is 0.335 e. The minimum Gasteiger partial charge on any atom is -0.479 e. The van der Waals surface area contributed by atoms with Crippen molar-refractivity contribution in [3.63, 3.8) is 0 Å². The second-order valence-electron chi connectivity index (χ2n) is 4.41. The molecule has 0 aromatic rings. The van der Waals surface area contributed by atoms with Gasteiger partial charge >= 0.3 is 5.97 Å². The van der Waals surface area contributed by atoms with E-state index in [-0.39, 0.29) is 5.92 Å². The Labute approximate surface area is 99.8 Å². The molecule has 1 heterocycles. The first-order chi connectivity index (χ1) is 7.93. The Bertz CT molecular complexity index is 265. The second kappa shape index (κ2) is 5.77. The third-order valence-electron chi connectivity index (χ3n) is 3.41. The van der Waals surface area contributed by atoms with E-state index in [1.807, 2.05) is 13.8 Å². The number of hydrogen-bond acceptors (Lipinski definition) is 5. The average molecular weight is 248 g/mol. The van der Waals surface area contributed by atoms with E-state index in [4.69, 9.17) is 9.84 Å². The summed E-state index contributed by atoms with van der Waals surface area (Å²) in [5.74, 6) is -1.38. The van der Waals surface area contributed by atoms with E-state index in [0.717, 1.165) is 0 Å². The molecule has 0 aromatic carbocycles. The molecule has 0 saturated carbocycles. The molecule has 1 fully saturated rings. The Kier molecular flexibility index (Phi) is 4.88. The van der Waals surface area contributed by atoms with Crippen LogP contribution in [0.25, 0.3) is 0 Å². The summed E-state index contributed by atoms with van der Waals surface area (Å²) < 4.78 is 5.23. The van der Waals surface area contributed by atoms with Gasteiger partial charge in [-0.2, -0.15) is 0 Å². The highest BCUT2D eigenvalue weighted by Gasteiger charge is 2.48. The molecule has 0 bridgehead atoms. The SMILES string of the molecule is CCC(CC)C1OC(C(=O)O)C(O)C(O)C1O. The first-order valence-electron chi connectivity index (χ1n) is 5.86. The molecular weight excluding hydrogens is 228 g/mol. The first-order valence-corrected chi connectivity index (χ1v) is 5.86. The van der Waals surface area contributed by atoms with Gasteiger partial charge in [-0.1, -0.05) is 26.7 Å². The lowest BCUT2D eigenvalue weighted by atomic mass is 9.85. The van der Waals surface area contributed by atoms with Gasteiger partial charge in [0.2, 0.25) is 0 Å².